The predicted molar refractivity (Wildman–Crippen MR) is 165 cm³/mol. The average molecular weight is 668 g/mol. The van der Waals surface area contributed by atoms with Crippen LogP contribution in [-0.2, 0) is 16.1 Å². The molecule has 0 saturated carbocycles. The highest BCUT2D eigenvalue weighted by atomic mass is 79.9. The number of thiazole rings is 1. The molecule has 1 aromatic heterocycles. The van der Waals surface area contributed by atoms with Crippen LogP contribution in [0.2, 0.25) is 0 Å². The summed E-state index contributed by atoms with van der Waals surface area (Å²) >= 11 is 4.73. The third kappa shape index (κ3) is 6.14. The second kappa shape index (κ2) is 13.0. The van der Waals surface area contributed by atoms with Crippen LogP contribution in [0.5, 0.6) is 17.2 Å². The van der Waals surface area contributed by atoms with Gasteiger partial charge in [0.1, 0.15) is 35.7 Å². The lowest BCUT2D eigenvalue weighted by molar-refractivity contribution is -0.139. The molecule has 222 valence electrons. The van der Waals surface area contributed by atoms with Crippen molar-refractivity contribution in [2.75, 3.05) is 20.8 Å². The normalized spacial score (nSPS) is 14.7. The van der Waals surface area contributed by atoms with Crippen LogP contribution < -0.4 is 29.1 Å². The van der Waals surface area contributed by atoms with Crippen LogP contribution in [0.3, 0.4) is 0 Å². The summed E-state index contributed by atoms with van der Waals surface area (Å²) in [6.45, 7) is 3.68. The largest absolute Gasteiger partial charge is 0.497 e. The van der Waals surface area contributed by atoms with E-state index < -0.39 is 12.0 Å². The van der Waals surface area contributed by atoms with Crippen LogP contribution >= 0.6 is 27.3 Å². The Hall–Kier alpha value is -4.22. The molecule has 5 rings (SSSR count). The van der Waals surface area contributed by atoms with E-state index in [1.807, 2.05) is 6.07 Å². The number of allylic oxidation sites excluding steroid dienone is 1. The van der Waals surface area contributed by atoms with E-state index in [9.17, 15) is 14.0 Å². The van der Waals surface area contributed by atoms with E-state index in [1.54, 1.807) is 75.6 Å². The van der Waals surface area contributed by atoms with Gasteiger partial charge in [0.15, 0.2) is 4.80 Å². The lowest BCUT2D eigenvalue weighted by Gasteiger charge is -2.26. The van der Waals surface area contributed by atoms with Crippen molar-refractivity contribution in [1.29, 1.82) is 0 Å². The topological polar surface area (TPSA) is 88.4 Å². The Morgan fingerprint density at radius 2 is 1.86 bits per heavy atom. The molecule has 1 aliphatic rings. The highest BCUT2D eigenvalue weighted by Gasteiger charge is 2.35. The molecule has 0 bridgehead atoms. The Balaban J connectivity index is 1.58. The number of nitrogens with zero attached hydrogens (tertiary/aromatic N) is 2. The maximum atomic E-state index is 14.0. The predicted octanol–water partition coefficient (Wildman–Crippen LogP) is 5.30. The number of hydrogen-bond acceptors (Lipinski definition) is 8. The molecule has 0 aliphatic carbocycles. The average Bonchev–Trinajstić information content (AvgIpc) is 3.30. The molecule has 0 radical (unpaired) electrons. The number of halogens is 2. The fourth-order valence-corrected chi connectivity index (χ4v) is 6.34. The van der Waals surface area contributed by atoms with Crippen molar-refractivity contribution in [2.45, 2.75) is 26.5 Å². The molecule has 1 atom stereocenters. The van der Waals surface area contributed by atoms with Crippen LogP contribution in [0.15, 0.2) is 86.2 Å². The summed E-state index contributed by atoms with van der Waals surface area (Å²) < 4.78 is 38.8. The van der Waals surface area contributed by atoms with Gasteiger partial charge in [0.05, 0.1) is 41.1 Å². The maximum absolute atomic E-state index is 14.0. The zero-order chi connectivity index (χ0) is 30.7. The van der Waals surface area contributed by atoms with E-state index in [2.05, 4.69) is 20.9 Å². The molecule has 0 saturated heterocycles. The fourth-order valence-electron chi connectivity index (χ4n) is 4.79. The molecule has 1 aliphatic heterocycles. The molecule has 8 nitrogen and oxygen atoms in total. The second-order valence-corrected chi connectivity index (χ2v) is 11.3. The van der Waals surface area contributed by atoms with Crippen molar-refractivity contribution in [3.8, 4) is 17.2 Å². The Morgan fingerprint density at radius 3 is 2.56 bits per heavy atom. The molecular weight excluding hydrogens is 639 g/mol. The minimum Gasteiger partial charge on any atom is -0.497 e. The molecule has 0 spiro atoms. The van der Waals surface area contributed by atoms with E-state index in [-0.39, 0.29) is 30.2 Å². The first-order valence-corrected chi connectivity index (χ1v) is 14.9. The quantitative estimate of drug-likeness (QED) is 0.226. The minimum absolute atomic E-state index is 0.0686. The number of carbonyl (C=O) groups excluding carboxylic acids is 1. The summed E-state index contributed by atoms with van der Waals surface area (Å²) in [6.07, 6.45) is 1.75. The zero-order valence-corrected chi connectivity index (χ0v) is 26.3. The number of esters is 1. The summed E-state index contributed by atoms with van der Waals surface area (Å²) in [4.78, 5) is 32.3. The third-order valence-corrected chi connectivity index (χ3v) is 8.45. The highest BCUT2D eigenvalue weighted by Crippen LogP contribution is 2.38. The van der Waals surface area contributed by atoms with Gasteiger partial charge in [-0.25, -0.2) is 14.2 Å². The Kier molecular flexibility index (Phi) is 9.12. The summed E-state index contributed by atoms with van der Waals surface area (Å²) in [7, 11) is 3.07. The molecular formula is C32H28BrFN2O6S. The molecule has 0 amide bonds. The maximum Gasteiger partial charge on any atom is 0.338 e. The monoisotopic (exact) mass is 666 g/mol. The van der Waals surface area contributed by atoms with Gasteiger partial charge in [-0.1, -0.05) is 35.6 Å². The molecule has 2 heterocycles. The van der Waals surface area contributed by atoms with Crippen molar-refractivity contribution in [3.63, 3.8) is 0 Å². The lowest BCUT2D eigenvalue weighted by Crippen LogP contribution is -2.40. The number of hydrogen-bond donors (Lipinski definition) is 0. The molecule has 3 aromatic carbocycles. The molecule has 0 unspecified atom stereocenters. The van der Waals surface area contributed by atoms with Crippen molar-refractivity contribution in [1.82, 2.24) is 4.57 Å². The van der Waals surface area contributed by atoms with Gasteiger partial charge >= 0.3 is 5.97 Å². The van der Waals surface area contributed by atoms with E-state index in [4.69, 9.17) is 18.9 Å². The van der Waals surface area contributed by atoms with Crippen LogP contribution in [0.1, 0.15) is 36.6 Å². The van der Waals surface area contributed by atoms with Gasteiger partial charge in [-0.2, -0.15) is 0 Å². The zero-order valence-electron chi connectivity index (χ0n) is 23.9. The third-order valence-electron chi connectivity index (χ3n) is 6.84. The minimum atomic E-state index is -0.858. The Bertz CT molecular complexity index is 1920. The van der Waals surface area contributed by atoms with Gasteiger partial charge in [-0.15, -0.1) is 0 Å². The van der Waals surface area contributed by atoms with Gasteiger partial charge in [-0.05, 0) is 77.8 Å². The smallest absolute Gasteiger partial charge is 0.338 e. The SMILES string of the molecule is CCOC(=O)C1=C(C)N=c2s/c(=C\c3ccc(OCc4ccccc4F)c(Br)c3)c(=O)n2[C@H]1c1cc(OC)ccc1OC. The van der Waals surface area contributed by atoms with E-state index in [0.29, 0.717) is 47.9 Å². The highest BCUT2D eigenvalue weighted by molar-refractivity contribution is 9.10. The first-order valence-electron chi connectivity index (χ1n) is 13.3. The second-order valence-electron chi connectivity index (χ2n) is 9.48. The van der Waals surface area contributed by atoms with Crippen molar-refractivity contribution in [2.24, 2.45) is 4.99 Å². The summed E-state index contributed by atoms with van der Waals surface area (Å²) in [5.41, 5.74) is 2.09. The van der Waals surface area contributed by atoms with Gasteiger partial charge in [0.25, 0.3) is 5.56 Å². The van der Waals surface area contributed by atoms with E-state index in [0.717, 1.165) is 5.56 Å². The lowest BCUT2D eigenvalue weighted by atomic mass is 9.94. The van der Waals surface area contributed by atoms with E-state index in [1.165, 1.54) is 29.1 Å². The van der Waals surface area contributed by atoms with Crippen molar-refractivity contribution in [3.05, 3.63) is 119 Å². The van der Waals surface area contributed by atoms with Crippen LogP contribution in [0.25, 0.3) is 6.08 Å². The number of fused-ring (bicyclic) bond motifs is 1. The first-order chi connectivity index (χ1) is 20.7. The molecule has 0 fully saturated rings. The van der Waals surface area contributed by atoms with Crippen molar-refractivity contribution < 1.29 is 28.1 Å². The fraction of sp³-hybridized carbons (Fsp3) is 0.219. The number of aromatic nitrogens is 1. The van der Waals surface area contributed by atoms with Crippen LogP contribution in [0, 0.1) is 5.82 Å². The van der Waals surface area contributed by atoms with Gasteiger partial charge in [-0.3, -0.25) is 9.36 Å². The Labute approximate surface area is 259 Å². The summed E-state index contributed by atoms with van der Waals surface area (Å²) in [6, 6.07) is 16.2. The van der Waals surface area contributed by atoms with Crippen LogP contribution in [-0.4, -0.2) is 31.4 Å². The van der Waals surface area contributed by atoms with Gasteiger partial charge < -0.3 is 18.9 Å². The van der Waals surface area contributed by atoms with Crippen molar-refractivity contribution >= 4 is 39.3 Å². The molecule has 0 N–H and O–H groups in total. The Morgan fingerprint density at radius 1 is 1.09 bits per heavy atom. The van der Waals surface area contributed by atoms with Crippen LogP contribution in [0.4, 0.5) is 4.39 Å². The standard InChI is InChI=1S/C32H28BrFN2O6S/c1-5-41-31(38)28-18(2)35-32-36(29(28)22-16-21(39-3)11-13-25(22)40-4)30(37)27(43-32)15-19-10-12-26(23(33)14-19)42-17-20-8-6-7-9-24(20)34/h6-16,29H,5,17H2,1-4H3/b27-15-/t29-/m0/s1. The number of ether oxygens (including phenoxy) is 4. The summed E-state index contributed by atoms with van der Waals surface area (Å²) in [5.74, 6) is 0.645. The molecule has 11 heteroatoms. The molecule has 43 heavy (non-hydrogen) atoms. The van der Waals surface area contributed by atoms with E-state index >= 15 is 0 Å². The molecule has 4 aromatic rings. The van der Waals surface area contributed by atoms with Gasteiger partial charge in [0.2, 0.25) is 0 Å². The number of carbonyl (C=O) groups is 1. The number of methoxy groups -OCH3 is 2. The number of rotatable bonds is 9. The summed E-state index contributed by atoms with van der Waals surface area (Å²) in [5, 5.41) is 0. The first kappa shape index (κ1) is 30.2. The number of benzene rings is 3. The van der Waals surface area contributed by atoms with Gasteiger partial charge in [0, 0.05) is 11.1 Å².